The van der Waals surface area contributed by atoms with Gasteiger partial charge in [0.05, 0.1) is 5.10 Å². The van der Waals surface area contributed by atoms with Gasteiger partial charge < -0.3 is 15.2 Å². The summed E-state index contributed by atoms with van der Waals surface area (Å²) in [7, 11) is 0. The van der Waals surface area contributed by atoms with Gasteiger partial charge in [0.2, 0.25) is 0 Å². The second-order valence-corrected chi connectivity index (χ2v) is 1.61. The zero-order chi connectivity index (χ0) is 9.56. The van der Waals surface area contributed by atoms with Crippen molar-refractivity contribution in [1.29, 1.82) is 0 Å². The first kappa shape index (κ1) is 10.0. The van der Waals surface area contributed by atoms with Gasteiger partial charge in [-0.05, 0) is 4.92 Å². The summed E-state index contributed by atoms with van der Waals surface area (Å²) in [4.78, 5) is 22.2. The van der Waals surface area contributed by atoms with Gasteiger partial charge in [0.1, 0.15) is 12.8 Å². The molecular weight excluding hydrogens is 168 g/mol. The second kappa shape index (κ2) is 4.77. The minimum absolute atomic E-state index is 0.549. The van der Waals surface area contributed by atoms with Gasteiger partial charge in [0.25, 0.3) is 0 Å². The molecule has 0 aromatic carbocycles. The average molecular weight is 174 g/mol. The lowest BCUT2D eigenvalue weighted by Gasteiger charge is -1.88. The number of carboxylic acids is 1. The van der Waals surface area contributed by atoms with E-state index in [1.54, 1.807) is 0 Å². The van der Waals surface area contributed by atoms with Gasteiger partial charge in [-0.3, -0.25) is 9.79 Å². The van der Waals surface area contributed by atoms with Crippen molar-refractivity contribution in [1.82, 2.24) is 0 Å². The summed E-state index contributed by atoms with van der Waals surface area (Å²) in [6.07, 6.45) is 0.689. The number of aliphatic carboxylic acids is 1. The first-order valence-corrected chi connectivity index (χ1v) is 2.71. The van der Waals surface area contributed by atoms with E-state index in [9.17, 15) is 14.9 Å². The topological polar surface area (TPSA) is 131 Å². The average Bonchev–Trinajstić information content (AvgIpc) is 1.96. The molecule has 0 aromatic rings. The van der Waals surface area contributed by atoms with E-state index in [1.807, 2.05) is 0 Å². The van der Waals surface area contributed by atoms with E-state index in [4.69, 9.17) is 5.11 Å². The van der Waals surface area contributed by atoms with Crippen LogP contribution in [-0.4, -0.2) is 34.6 Å². The van der Waals surface area contributed by atoms with Crippen LogP contribution in [0.15, 0.2) is 10.1 Å². The third kappa shape index (κ3) is 3.93. The zero-order valence-electron chi connectivity index (χ0n) is 5.88. The number of carbonyl (C=O) groups is 1. The minimum atomic E-state index is -1.19. The molecule has 0 saturated carbocycles. The highest BCUT2D eigenvalue weighted by atomic mass is 16.6. The SMILES string of the molecule is NN=C(C=NCC(=O)O)[N+](=O)[O-]. The highest BCUT2D eigenvalue weighted by molar-refractivity contribution is 6.25. The quantitative estimate of drug-likeness (QED) is 0.180. The van der Waals surface area contributed by atoms with Gasteiger partial charge in [0, 0.05) is 0 Å². The van der Waals surface area contributed by atoms with Crippen LogP contribution in [0.4, 0.5) is 0 Å². The fourth-order valence-electron chi connectivity index (χ4n) is 0.333. The maximum atomic E-state index is 9.96. The van der Waals surface area contributed by atoms with E-state index in [-0.39, 0.29) is 0 Å². The molecule has 0 unspecified atom stereocenters. The Labute approximate surface area is 66.5 Å². The van der Waals surface area contributed by atoms with Crippen molar-refractivity contribution in [3.8, 4) is 0 Å². The summed E-state index contributed by atoms with van der Waals surface area (Å²) < 4.78 is 0. The van der Waals surface area contributed by atoms with Crippen molar-refractivity contribution >= 4 is 18.0 Å². The van der Waals surface area contributed by atoms with Gasteiger partial charge in [-0.2, -0.15) is 0 Å². The number of carboxylic acid groups (broad SMARTS) is 1. The standard InChI is InChI=1S/C4H6N4O4/c5-7-3(8(11)12)1-6-2-4(9)10/h1H,2,5H2,(H,9,10). The normalized spacial score (nSPS) is 11.8. The Morgan fingerprint density at radius 1 is 1.75 bits per heavy atom. The molecule has 0 rings (SSSR count). The second-order valence-electron chi connectivity index (χ2n) is 1.61. The number of hydrogen-bond donors (Lipinski definition) is 2. The van der Waals surface area contributed by atoms with Crippen molar-refractivity contribution in [3.63, 3.8) is 0 Å². The fraction of sp³-hybridized carbons (Fsp3) is 0.250. The molecule has 0 fully saturated rings. The first-order valence-electron chi connectivity index (χ1n) is 2.71. The molecule has 0 aromatic heterocycles. The van der Waals surface area contributed by atoms with Crippen LogP contribution >= 0.6 is 0 Å². The van der Waals surface area contributed by atoms with E-state index in [0.717, 1.165) is 0 Å². The largest absolute Gasteiger partial charge is 0.480 e. The highest BCUT2D eigenvalue weighted by Crippen LogP contribution is 1.75. The van der Waals surface area contributed by atoms with E-state index in [2.05, 4.69) is 15.9 Å². The number of amidine groups is 1. The minimum Gasteiger partial charge on any atom is -0.480 e. The van der Waals surface area contributed by atoms with Gasteiger partial charge in [0.15, 0.2) is 0 Å². The number of nitro groups is 1. The lowest BCUT2D eigenvalue weighted by molar-refractivity contribution is -0.345. The maximum absolute atomic E-state index is 9.96. The fourth-order valence-corrected chi connectivity index (χ4v) is 0.333. The monoisotopic (exact) mass is 174 g/mol. The predicted octanol–water partition coefficient (Wildman–Crippen LogP) is -1.31. The van der Waals surface area contributed by atoms with Crippen LogP contribution < -0.4 is 5.84 Å². The van der Waals surface area contributed by atoms with Crippen LogP contribution in [0.1, 0.15) is 0 Å². The van der Waals surface area contributed by atoms with Crippen LogP contribution in [0.5, 0.6) is 0 Å². The molecule has 66 valence electrons. The first-order chi connectivity index (χ1) is 5.57. The van der Waals surface area contributed by atoms with Crippen molar-refractivity contribution in [2.24, 2.45) is 15.9 Å². The van der Waals surface area contributed by atoms with Crippen molar-refractivity contribution in [2.75, 3.05) is 6.54 Å². The Morgan fingerprint density at radius 3 is 2.67 bits per heavy atom. The van der Waals surface area contributed by atoms with Crippen molar-refractivity contribution in [3.05, 3.63) is 10.1 Å². The van der Waals surface area contributed by atoms with E-state index in [0.29, 0.717) is 6.21 Å². The molecule has 0 saturated heterocycles. The summed E-state index contributed by atoms with van der Waals surface area (Å²) in [5.74, 6) is 2.73. The molecule has 0 aliphatic carbocycles. The Balaban J connectivity index is 4.13. The molecule has 8 nitrogen and oxygen atoms in total. The molecular formula is C4H6N4O4. The van der Waals surface area contributed by atoms with Crippen LogP contribution in [0.3, 0.4) is 0 Å². The number of hydrogen-bond acceptors (Lipinski definition) is 6. The Bertz CT molecular complexity index is 245. The molecule has 12 heavy (non-hydrogen) atoms. The van der Waals surface area contributed by atoms with Gasteiger partial charge in [-0.25, -0.2) is 5.84 Å². The summed E-state index contributed by atoms with van der Waals surface area (Å²) in [6, 6.07) is 0. The van der Waals surface area contributed by atoms with Crippen LogP contribution in [0, 0.1) is 10.1 Å². The van der Waals surface area contributed by atoms with E-state index < -0.39 is 23.3 Å². The van der Waals surface area contributed by atoms with E-state index in [1.165, 1.54) is 0 Å². The Kier molecular flexibility index (Phi) is 3.98. The molecule has 0 radical (unpaired) electrons. The van der Waals surface area contributed by atoms with Crippen LogP contribution in [0.2, 0.25) is 0 Å². The molecule has 0 aliphatic rings. The number of nitrogens with zero attached hydrogens (tertiary/aromatic N) is 3. The van der Waals surface area contributed by atoms with Gasteiger partial charge in [-0.1, -0.05) is 0 Å². The molecule has 8 heteroatoms. The number of nitrogens with two attached hydrogens (primary N) is 1. The summed E-state index contributed by atoms with van der Waals surface area (Å²) in [6.45, 7) is -0.549. The van der Waals surface area contributed by atoms with Crippen LogP contribution in [-0.2, 0) is 4.79 Å². The zero-order valence-corrected chi connectivity index (χ0v) is 5.88. The molecule has 0 amide bonds. The predicted molar refractivity (Wildman–Crippen MR) is 39.6 cm³/mol. The molecule has 3 N–H and O–H groups in total. The number of hydrazone groups is 1. The summed E-state index contributed by atoms with van der Waals surface area (Å²) >= 11 is 0. The number of rotatable bonds is 3. The van der Waals surface area contributed by atoms with Crippen molar-refractivity contribution in [2.45, 2.75) is 0 Å². The number of aliphatic imine (C=N–C) groups is 1. The lowest BCUT2D eigenvalue weighted by atomic mass is 10.6. The highest BCUT2D eigenvalue weighted by Gasteiger charge is 2.06. The summed E-state index contributed by atoms with van der Waals surface area (Å²) in [5.41, 5.74) is 0. The molecule has 0 bridgehead atoms. The smallest absolute Gasteiger partial charge is 0.405 e. The summed E-state index contributed by atoms with van der Waals surface area (Å²) in [5, 5.41) is 20.8. The molecule has 0 aliphatic heterocycles. The van der Waals surface area contributed by atoms with Gasteiger partial charge >= 0.3 is 11.8 Å². The Morgan fingerprint density at radius 2 is 2.33 bits per heavy atom. The van der Waals surface area contributed by atoms with Gasteiger partial charge in [-0.15, -0.1) is 0 Å². The lowest BCUT2D eigenvalue weighted by Crippen LogP contribution is -2.16. The third-order valence-corrected chi connectivity index (χ3v) is 0.753. The third-order valence-electron chi connectivity index (χ3n) is 0.753. The van der Waals surface area contributed by atoms with Crippen LogP contribution in [0.25, 0.3) is 0 Å². The molecule has 0 heterocycles. The molecule has 0 atom stereocenters. The maximum Gasteiger partial charge on any atom is 0.405 e. The molecule has 0 spiro atoms. The van der Waals surface area contributed by atoms with E-state index >= 15 is 0 Å². The Hall–Kier alpha value is -1.99. The van der Waals surface area contributed by atoms with Crippen molar-refractivity contribution < 1.29 is 14.8 Å².